The number of piperazine rings is 1. The molecular weight excluding hydrogens is 433 g/mol. The van der Waals surface area contributed by atoms with Crippen molar-refractivity contribution in [2.75, 3.05) is 50.9 Å². The molecule has 1 aromatic rings. The van der Waals surface area contributed by atoms with Gasteiger partial charge in [0.05, 0.1) is 6.67 Å². The summed E-state index contributed by atoms with van der Waals surface area (Å²) in [5, 5.41) is 3.24. The van der Waals surface area contributed by atoms with Gasteiger partial charge in [-0.25, -0.2) is 0 Å². The molecule has 2 aliphatic heterocycles. The van der Waals surface area contributed by atoms with E-state index in [1.807, 2.05) is 24.8 Å². The van der Waals surface area contributed by atoms with E-state index in [1.165, 1.54) is 11.6 Å². The number of halogens is 3. The van der Waals surface area contributed by atoms with Crippen molar-refractivity contribution in [1.82, 2.24) is 15.1 Å². The number of hydrogen-bond acceptors (Lipinski definition) is 5. The van der Waals surface area contributed by atoms with Crippen LogP contribution >= 0.6 is 11.8 Å². The lowest BCUT2D eigenvalue weighted by Gasteiger charge is -2.50. The normalized spacial score (nSPS) is 21.3. The first-order valence-electron chi connectivity index (χ1n) is 11.5. The third kappa shape index (κ3) is 7.33. The van der Waals surface area contributed by atoms with Gasteiger partial charge in [0.15, 0.2) is 0 Å². The Labute approximate surface area is 194 Å². The van der Waals surface area contributed by atoms with Crippen molar-refractivity contribution in [2.45, 2.75) is 44.4 Å². The van der Waals surface area contributed by atoms with Crippen molar-refractivity contribution in [3.8, 4) is 0 Å². The minimum Gasteiger partial charge on any atom is -0.297 e. The maximum atomic E-state index is 13.2. The van der Waals surface area contributed by atoms with Gasteiger partial charge in [-0.1, -0.05) is 43.3 Å². The highest BCUT2D eigenvalue weighted by Gasteiger charge is 2.39. The van der Waals surface area contributed by atoms with Gasteiger partial charge in [-0.05, 0) is 42.4 Å². The highest BCUT2D eigenvalue weighted by molar-refractivity contribution is 7.99. The van der Waals surface area contributed by atoms with E-state index >= 15 is 0 Å². The lowest BCUT2D eigenvalue weighted by molar-refractivity contribution is -0.0579. The number of benzene rings is 1. The molecule has 8 heteroatoms. The maximum Gasteiger partial charge on any atom is 0.432 e. The summed E-state index contributed by atoms with van der Waals surface area (Å²) in [4.78, 5) is 8.88. The van der Waals surface area contributed by atoms with Gasteiger partial charge >= 0.3 is 6.18 Å². The Morgan fingerprint density at radius 1 is 1.12 bits per heavy atom. The molecule has 1 aromatic carbocycles. The molecule has 32 heavy (non-hydrogen) atoms. The van der Waals surface area contributed by atoms with Crippen LogP contribution in [-0.4, -0.2) is 78.1 Å². The van der Waals surface area contributed by atoms with Crippen molar-refractivity contribution in [2.24, 2.45) is 4.99 Å². The number of rotatable bonds is 9. The number of thioether (sulfide) groups is 1. The van der Waals surface area contributed by atoms with Gasteiger partial charge in [0.1, 0.15) is 5.71 Å². The second-order valence-corrected chi connectivity index (χ2v) is 9.75. The molecular formula is C24H35F3N4S. The second kappa shape index (κ2) is 12.2. The Morgan fingerprint density at radius 3 is 2.44 bits per heavy atom. The summed E-state index contributed by atoms with van der Waals surface area (Å²) in [5.74, 6) is 2.20. The predicted octanol–water partition coefficient (Wildman–Crippen LogP) is 4.59. The molecule has 178 valence electrons. The molecule has 4 nitrogen and oxygen atoms in total. The topological polar surface area (TPSA) is 30.9 Å². The molecule has 1 N–H and O–H groups in total. The molecule has 0 atom stereocenters. The minimum absolute atomic E-state index is 0.00817. The molecule has 2 aliphatic rings. The molecule has 0 saturated carbocycles. The van der Waals surface area contributed by atoms with Gasteiger partial charge in [-0.15, -0.1) is 0 Å². The summed E-state index contributed by atoms with van der Waals surface area (Å²) in [5.41, 5.74) is 0.536. The molecule has 0 amide bonds. The number of hydrogen-bond donors (Lipinski definition) is 1. The van der Waals surface area contributed by atoms with Crippen molar-refractivity contribution in [3.05, 3.63) is 48.0 Å². The summed E-state index contributed by atoms with van der Waals surface area (Å²) in [6.45, 7) is 7.47. The summed E-state index contributed by atoms with van der Waals surface area (Å²) >= 11 is 1.97. The van der Waals surface area contributed by atoms with Crippen molar-refractivity contribution >= 4 is 17.5 Å². The van der Waals surface area contributed by atoms with E-state index in [9.17, 15) is 13.2 Å². The van der Waals surface area contributed by atoms with E-state index in [4.69, 9.17) is 0 Å². The molecule has 0 radical (unpaired) electrons. The smallest absolute Gasteiger partial charge is 0.297 e. The van der Waals surface area contributed by atoms with Gasteiger partial charge in [-0.2, -0.15) is 24.9 Å². The first-order valence-corrected chi connectivity index (χ1v) is 12.7. The fourth-order valence-electron chi connectivity index (χ4n) is 4.47. The van der Waals surface area contributed by atoms with Gasteiger partial charge in [0.25, 0.3) is 0 Å². The fourth-order valence-corrected chi connectivity index (χ4v) is 5.73. The van der Waals surface area contributed by atoms with Crippen LogP contribution in [0.3, 0.4) is 0 Å². The number of aliphatic imine (C=N–C) groups is 1. The number of nitrogens with zero attached hydrogens (tertiary/aromatic N) is 3. The van der Waals surface area contributed by atoms with Crippen molar-refractivity contribution < 1.29 is 13.2 Å². The Bertz CT molecular complexity index is 737. The number of alkyl halides is 3. The maximum absolute atomic E-state index is 13.2. The lowest BCUT2D eigenvalue weighted by atomic mass is 9.89. The van der Waals surface area contributed by atoms with Crippen LogP contribution < -0.4 is 5.32 Å². The zero-order chi connectivity index (χ0) is 22.9. The van der Waals surface area contributed by atoms with Crippen LogP contribution in [0.5, 0.6) is 0 Å². The molecule has 0 spiro atoms. The van der Waals surface area contributed by atoms with Gasteiger partial charge in [0.2, 0.25) is 0 Å². The first-order chi connectivity index (χ1) is 15.4. The minimum atomic E-state index is -4.42. The average Bonchev–Trinajstić information content (AvgIpc) is 2.79. The standard InChI is InChI=1S/C24H35F3N4S/c1-2-3-9-22(24(25,26)27)29-20-28-19-23(10-16-32-17-11-23)31-14-12-30(13-15-31)18-21-7-5-4-6-8-21/h3-9,28H,2,10-20H2,1H3/b9-3-,29-22?. The second-order valence-electron chi connectivity index (χ2n) is 8.52. The van der Waals surface area contributed by atoms with Crippen LogP contribution in [0.1, 0.15) is 31.7 Å². The molecule has 0 bridgehead atoms. The Balaban J connectivity index is 1.56. The van der Waals surface area contributed by atoms with E-state index < -0.39 is 11.9 Å². The highest BCUT2D eigenvalue weighted by Crippen LogP contribution is 2.33. The van der Waals surface area contributed by atoms with E-state index in [1.54, 1.807) is 0 Å². The van der Waals surface area contributed by atoms with E-state index in [-0.39, 0.29) is 12.2 Å². The Hall–Kier alpha value is -1.35. The number of allylic oxidation sites excluding steroid dienone is 2. The lowest BCUT2D eigenvalue weighted by Crippen LogP contribution is -2.62. The number of nitrogens with one attached hydrogen (secondary N) is 1. The van der Waals surface area contributed by atoms with Crippen LogP contribution in [-0.2, 0) is 6.54 Å². The SMILES string of the molecule is CC/C=C\C(=NCNCC1(N2CCN(Cc3ccccc3)CC2)CCSCC1)C(F)(F)F. The zero-order valence-electron chi connectivity index (χ0n) is 18.9. The molecule has 2 saturated heterocycles. The molecule has 2 fully saturated rings. The first kappa shape index (κ1) is 25.3. The van der Waals surface area contributed by atoms with Gasteiger partial charge < -0.3 is 0 Å². The zero-order valence-corrected chi connectivity index (χ0v) is 19.7. The molecule has 0 aliphatic carbocycles. The van der Waals surface area contributed by atoms with Crippen LogP contribution in [0, 0.1) is 0 Å². The summed E-state index contributed by atoms with van der Waals surface area (Å²) < 4.78 is 39.5. The quantitative estimate of drug-likeness (QED) is 0.424. The van der Waals surface area contributed by atoms with Crippen molar-refractivity contribution in [1.29, 1.82) is 0 Å². The third-order valence-electron chi connectivity index (χ3n) is 6.33. The van der Waals surface area contributed by atoms with E-state index in [0.717, 1.165) is 63.1 Å². The van der Waals surface area contributed by atoms with Crippen LogP contribution in [0.2, 0.25) is 0 Å². The molecule has 2 heterocycles. The van der Waals surface area contributed by atoms with Gasteiger partial charge in [-0.3, -0.25) is 20.1 Å². The Morgan fingerprint density at radius 2 is 1.81 bits per heavy atom. The predicted molar refractivity (Wildman–Crippen MR) is 128 cm³/mol. The molecule has 0 unspecified atom stereocenters. The molecule has 0 aromatic heterocycles. The third-order valence-corrected chi connectivity index (χ3v) is 7.32. The summed E-state index contributed by atoms with van der Waals surface area (Å²) in [6.07, 6.45) is 0.854. The van der Waals surface area contributed by atoms with Crippen LogP contribution in [0.4, 0.5) is 13.2 Å². The summed E-state index contributed by atoms with van der Waals surface area (Å²) in [7, 11) is 0. The largest absolute Gasteiger partial charge is 0.432 e. The highest BCUT2D eigenvalue weighted by atomic mass is 32.2. The van der Waals surface area contributed by atoms with E-state index in [2.05, 4.69) is 44.4 Å². The monoisotopic (exact) mass is 468 g/mol. The van der Waals surface area contributed by atoms with Crippen LogP contribution in [0.15, 0.2) is 47.5 Å². The van der Waals surface area contributed by atoms with Gasteiger partial charge in [0, 0.05) is 44.8 Å². The fraction of sp³-hybridized carbons (Fsp3) is 0.625. The Kier molecular flexibility index (Phi) is 9.64. The molecule has 3 rings (SSSR count). The summed E-state index contributed by atoms with van der Waals surface area (Å²) in [6, 6.07) is 10.5. The van der Waals surface area contributed by atoms with E-state index in [0.29, 0.717) is 13.0 Å². The van der Waals surface area contributed by atoms with Crippen LogP contribution in [0.25, 0.3) is 0 Å². The van der Waals surface area contributed by atoms with Crippen molar-refractivity contribution in [3.63, 3.8) is 0 Å². The average molecular weight is 469 g/mol.